The summed E-state index contributed by atoms with van der Waals surface area (Å²) >= 11 is 0. The van der Waals surface area contributed by atoms with Gasteiger partial charge >= 0.3 is 0 Å². The van der Waals surface area contributed by atoms with E-state index in [0.717, 1.165) is 19.5 Å². The second-order valence-corrected chi connectivity index (χ2v) is 6.14. The third-order valence-electron chi connectivity index (χ3n) is 4.05. The molecule has 0 N–H and O–H groups in total. The van der Waals surface area contributed by atoms with E-state index >= 15 is 0 Å². The molecule has 0 bridgehead atoms. The fraction of sp³-hybridized carbons (Fsp3) is 0.533. The van der Waals surface area contributed by atoms with Gasteiger partial charge in [0.05, 0.1) is 0 Å². The number of carbonyl (C=O) groups is 1. The summed E-state index contributed by atoms with van der Waals surface area (Å²) in [5.41, 5.74) is 0.312. The molecule has 1 fully saturated rings. The predicted octanol–water partition coefficient (Wildman–Crippen LogP) is 1.00. The Morgan fingerprint density at radius 2 is 2.05 bits per heavy atom. The van der Waals surface area contributed by atoms with Crippen LogP contribution in [0.25, 0.3) is 5.52 Å². The number of rotatable bonds is 2. The van der Waals surface area contributed by atoms with Crippen molar-refractivity contribution < 1.29 is 4.79 Å². The molecule has 1 aliphatic rings. The first kappa shape index (κ1) is 13.9. The highest BCUT2D eigenvalue weighted by atomic mass is 16.2. The number of likely N-dealkylation sites (tertiary alicyclic amines) is 1. The van der Waals surface area contributed by atoms with E-state index in [2.05, 4.69) is 18.9 Å². The first-order valence-electron chi connectivity index (χ1n) is 7.35. The topological polar surface area (TPSA) is 59.6 Å². The Bertz CT molecular complexity index is 708. The molecule has 0 spiro atoms. The summed E-state index contributed by atoms with van der Waals surface area (Å²) in [7, 11) is 0. The van der Waals surface area contributed by atoms with Crippen molar-refractivity contribution in [2.24, 2.45) is 11.8 Å². The van der Waals surface area contributed by atoms with E-state index in [-0.39, 0.29) is 18.0 Å². The van der Waals surface area contributed by atoms with Crippen LogP contribution in [0.4, 0.5) is 0 Å². The average Bonchev–Trinajstić information content (AvgIpc) is 2.90. The van der Waals surface area contributed by atoms with Crippen molar-refractivity contribution in [2.45, 2.75) is 26.8 Å². The van der Waals surface area contributed by atoms with Crippen LogP contribution >= 0.6 is 0 Å². The molecule has 1 amide bonds. The van der Waals surface area contributed by atoms with Crippen molar-refractivity contribution in [2.75, 3.05) is 13.1 Å². The molecule has 2 unspecified atom stereocenters. The van der Waals surface area contributed by atoms with Gasteiger partial charge in [0.25, 0.3) is 5.56 Å². The molecule has 3 rings (SSSR count). The van der Waals surface area contributed by atoms with Crippen LogP contribution < -0.4 is 5.56 Å². The van der Waals surface area contributed by atoms with Crippen LogP contribution in [0.2, 0.25) is 0 Å². The lowest BCUT2D eigenvalue weighted by atomic mass is 9.92. The molecular weight excluding hydrogens is 268 g/mol. The zero-order valence-corrected chi connectivity index (χ0v) is 12.4. The van der Waals surface area contributed by atoms with E-state index in [9.17, 15) is 9.59 Å². The molecule has 0 saturated carbocycles. The van der Waals surface area contributed by atoms with Crippen LogP contribution in [0.5, 0.6) is 0 Å². The smallest absolute Gasteiger partial charge is 0.291 e. The van der Waals surface area contributed by atoms with E-state index in [4.69, 9.17) is 0 Å². The summed E-state index contributed by atoms with van der Waals surface area (Å²) < 4.78 is 2.91. The standard InChI is InChI=1S/C15H20N4O2/c1-11-6-12(2)8-18(7-11)14(20)9-19-15(21)13-4-3-5-17(13)10-16-19/h3-5,10-12H,6-9H2,1-2H3. The first-order valence-corrected chi connectivity index (χ1v) is 7.35. The van der Waals surface area contributed by atoms with Gasteiger partial charge in [0.15, 0.2) is 0 Å². The molecule has 0 aliphatic carbocycles. The van der Waals surface area contributed by atoms with Gasteiger partial charge in [0.1, 0.15) is 18.4 Å². The maximum absolute atomic E-state index is 12.4. The number of amides is 1. The number of aromatic nitrogens is 3. The van der Waals surface area contributed by atoms with E-state index in [1.807, 2.05) is 4.90 Å². The molecule has 2 aromatic heterocycles. The summed E-state index contributed by atoms with van der Waals surface area (Å²) in [5.74, 6) is 0.991. The fourth-order valence-electron chi connectivity index (χ4n) is 3.19. The van der Waals surface area contributed by atoms with Gasteiger partial charge in [-0.05, 0) is 30.4 Å². The van der Waals surface area contributed by atoms with Crippen LogP contribution in [0.15, 0.2) is 29.5 Å². The first-order chi connectivity index (χ1) is 10.0. The molecule has 6 nitrogen and oxygen atoms in total. The zero-order valence-electron chi connectivity index (χ0n) is 12.4. The number of piperidine rings is 1. The quantitative estimate of drug-likeness (QED) is 0.828. The maximum Gasteiger partial charge on any atom is 0.291 e. The third kappa shape index (κ3) is 2.70. The minimum absolute atomic E-state index is 0.0138. The predicted molar refractivity (Wildman–Crippen MR) is 79.0 cm³/mol. The molecule has 1 saturated heterocycles. The van der Waals surface area contributed by atoms with Crippen LogP contribution in [0.3, 0.4) is 0 Å². The second-order valence-electron chi connectivity index (χ2n) is 6.14. The number of hydrogen-bond acceptors (Lipinski definition) is 3. The maximum atomic E-state index is 12.4. The van der Waals surface area contributed by atoms with Gasteiger partial charge in [-0.15, -0.1) is 0 Å². The Morgan fingerprint density at radius 1 is 1.33 bits per heavy atom. The summed E-state index contributed by atoms with van der Waals surface area (Å²) in [6.45, 7) is 5.87. The van der Waals surface area contributed by atoms with Crippen molar-refractivity contribution in [1.82, 2.24) is 19.1 Å². The van der Waals surface area contributed by atoms with Gasteiger partial charge < -0.3 is 9.30 Å². The van der Waals surface area contributed by atoms with Gasteiger partial charge in [0.2, 0.25) is 5.91 Å². The van der Waals surface area contributed by atoms with Gasteiger partial charge in [-0.25, -0.2) is 4.68 Å². The molecular formula is C15H20N4O2. The molecule has 2 atom stereocenters. The minimum Gasteiger partial charge on any atom is -0.341 e. The highest BCUT2D eigenvalue weighted by molar-refractivity contribution is 5.76. The van der Waals surface area contributed by atoms with Gasteiger partial charge in [-0.1, -0.05) is 13.8 Å². The Labute approximate surface area is 123 Å². The number of carbonyl (C=O) groups excluding carboxylic acids is 1. The van der Waals surface area contributed by atoms with E-state index < -0.39 is 0 Å². The summed E-state index contributed by atoms with van der Waals surface area (Å²) in [5, 5.41) is 4.07. The highest BCUT2D eigenvalue weighted by Crippen LogP contribution is 2.20. The molecule has 21 heavy (non-hydrogen) atoms. The van der Waals surface area contributed by atoms with Gasteiger partial charge in [-0.3, -0.25) is 9.59 Å². The number of hydrogen-bond donors (Lipinski definition) is 0. The Balaban J connectivity index is 1.80. The van der Waals surface area contributed by atoms with E-state index in [1.165, 1.54) is 4.68 Å². The average molecular weight is 288 g/mol. The fourth-order valence-corrected chi connectivity index (χ4v) is 3.19. The van der Waals surface area contributed by atoms with Crippen molar-refractivity contribution in [1.29, 1.82) is 0 Å². The van der Waals surface area contributed by atoms with Gasteiger partial charge in [-0.2, -0.15) is 5.10 Å². The van der Waals surface area contributed by atoms with Crippen molar-refractivity contribution in [3.8, 4) is 0 Å². The minimum atomic E-state index is -0.228. The van der Waals surface area contributed by atoms with Crippen LogP contribution in [-0.2, 0) is 11.3 Å². The van der Waals surface area contributed by atoms with E-state index in [0.29, 0.717) is 17.4 Å². The molecule has 2 aromatic rings. The molecule has 0 radical (unpaired) electrons. The lowest BCUT2D eigenvalue weighted by Crippen LogP contribution is -2.45. The third-order valence-corrected chi connectivity index (χ3v) is 4.05. The van der Waals surface area contributed by atoms with Crippen LogP contribution in [-0.4, -0.2) is 38.1 Å². The van der Waals surface area contributed by atoms with Gasteiger partial charge in [0, 0.05) is 19.3 Å². The molecule has 6 heteroatoms. The second kappa shape index (κ2) is 5.35. The lowest BCUT2D eigenvalue weighted by molar-refractivity contribution is -0.134. The monoisotopic (exact) mass is 288 g/mol. The Morgan fingerprint density at radius 3 is 2.76 bits per heavy atom. The summed E-state index contributed by atoms with van der Waals surface area (Å²) in [6.07, 6.45) is 4.48. The number of fused-ring (bicyclic) bond motifs is 1. The van der Waals surface area contributed by atoms with Crippen molar-refractivity contribution >= 4 is 11.4 Å². The largest absolute Gasteiger partial charge is 0.341 e. The Hall–Kier alpha value is -2.11. The summed E-state index contributed by atoms with van der Waals surface area (Å²) in [4.78, 5) is 26.5. The SMILES string of the molecule is CC1CC(C)CN(C(=O)Cn2ncn3cccc3c2=O)C1. The summed E-state index contributed by atoms with van der Waals surface area (Å²) in [6, 6.07) is 3.52. The molecule has 112 valence electrons. The highest BCUT2D eigenvalue weighted by Gasteiger charge is 2.25. The number of nitrogens with zero attached hydrogens (tertiary/aromatic N) is 4. The van der Waals surface area contributed by atoms with Crippen LogP contribution in [0, 0.1) is 11.8 Å². The van der Waals surface area contributed by atoms with E-state index in [1.54, 1.807) is 29.1 Å². The van der Waals surface area contributed by atoms with Crippen molar-refractivity contribution in [3.05, 3.63) is 35.0 Å². The lowest BCUT2D eigenvalue weighted by Gasteiger charge is -2.35. The van der Waals surface area contributed by atoms with Crippen LogP contribution in [0.1, 0.15) is 20.3 Å². The van der Waals surface area contributed by atoms with Crippen molar-refractivity contribution in [3.63, 3.8) is 0 Å². The molecule has 3 heterocycles. The molecule has 1 aliphatic heterocycles. The normalized spacial score (nSPS) is 22.7. The Kier molecular flexibility index (Phi) is 3.53. The molecule has 0 aromatic carbocycles. The zero-order chi connectivity index (χ0) is 15.0.